The maximum Gasteiger partial charge on any atom is 0.251 e. The molecule has 0 saturated carbocycles. The first-order chi connectivity index (χ1) is 13.5. The highest BCUT2D eigenvalue weighted by Gasteiger charge is 2.21. The lowest BCUT2D eigenvalue weighted by Gasteiger charge is -2.12. The van der Waals surface area contributed by atoms with Crippen LogP contribution in [0.3, 0.4) is 0 Å². The second-order valence-electron chi connectivity index (χ2n) is 7.61. The van der Waals surface area contributed by atoms with Crippen molar-refractivity contribution in [2.45, 2.75) is 32.7 Å². The van der Waals surface area contributed by atoms with E-state index < -0.39 is 0 Å². The maximum atomic E-state index is 12.5. The van der Waals surface area contributed by atoms with Crippen molar-refractivity contribution in [1.29, 1.82) is 0 Å². The number of hydrogen-bond donors (Lipinski definition) is 2. The van der Waals surface area contributed by atoms with E-state index in [-0.39, 0.29) is 17.9 Å². The summed E-state index contributed by atoms with van der Waals surface area (Å²) in [7, 11) is 0. The number of nitrogens with one attached hydrogen (secondary N) is 2. The molecule has 142 valence electrons. The van der Waals surface area contributed by atoms with Crippen LogP contribution in [-0.4, -0.2) is 24.4 Å². The molecule has 2 amide bonds. The van der Waals surface area contributed by atoms with E-state index in [1.807, 2.05) is 18.2 Å². The average molecular weight is 372 g/mol. The Morgan fingerprint density at radius 3 is 2.61 bits per heavy atom. The van der Waals surface area contributed by atoms with Gasteiger partial charge in [-0.2, -0.15) is 0 Å². The minimum absolute atomic E-state index is 0.0389. The van der Waals surface area contributed by atoms with E-state index in [0.717, 1.165) is 17.2 Å². The van der Waals surface area contributed by atoms with Gasteiger partial charge in [0.05, 0.1) is 0 Å². The van der Waals surface area contributed by atoms with Crippen LogP contribution in [0, 0.1) is 13.8 Å². The molecule has 0 bridgehead atoms. The number of amides is 2. The topological polar surface area (TPSA) is 58.2 Å². The molecule has 0 aromatic heterocycles. The highest BCUT2D eigenvalue weighted by atomic mass is 16.2. The van der Waals surface area contributed by atoms with Gasteiger partial charge in [-0.05, 0) is 65.9 Å². The van der Waals surface area contributed by atoms with E-state index in [0.29, 0.717) is 18.5 Å². The van der Waals surface area contributed by atoms with Gasteiger partial charge < -0.3 is 10.6 Å². The molecule has 1 saturated heterocycles. The molecule has 1 atom stereocenters. The molecule has 4 heteroatoms. The number of benzene rings is 3. The third-order valence-corrected chi connectivity index (χ3v) is 5.40. The second kappa shape index (κ2) is 7.47. The van der Waals surface area contributed by atoms with Crippen molar-refractivity contribution in [1.82, 2.24) is 10.6 Å². The first kappa shape index (κ1) is 18.2. The van der Waals surface area contributed by atoms with Crippen LogP contribution >= 0.6 is 0 Å². The average Bonchev–Trinajstić information content (AvgIpc) is 3.12. The van der Waals surface area contributed by atoms with Crippen molar-refractivity contribution in [3.05, 3.63) is 71.3 Å². The van der Waals surface area contributed by atoms with Crippen LogP contribution in [0.25, 0.3) is 21.9 Å². The molecule has 1 fully saturated rings. The summed E-state index contributed by atoms with van der Waals surface area (Å²) in [6.07, 6.45) is 1.32. The van der Waals surface area contributed by atoms with Crippen LogP contribution in [0.4, 0.5) is 0 Å². The summed E-state index contributed by atoms with van der Waals surface area (Å²) < 4.78 is 0. The van der Waals surface area contributed by atoms with Gasteiger partial charge in [0.1, 0.15) is 0 Å². The van der Waals surface area contributed by atoms with Crippen LogP contribution in [0.15, 0.2) is 54.6 Å². The second-order valence-corrected chi connectivity index (χ2v) is 7.61. The number of rotatable bonds is 4. The van der Waals surface area contributed by atoms with Crippen LogP contribution in [0.2, 0.25) is 0 Å². The molecule has 1 unspecified atom stereocenters. The predicted octanol–water partition coefficient (Wildman–Crippen LogP) is 4.13. The van der Waals surface area contributed by atoms with E-state index in [4.69, 9.17) is 0 Å². The lowest BCUT2D eigenvalue weighted by molar-refractivity contribution is -0.119. The van der Waals surface area contributed by atoms with Gasteiger partial charge in [0.25, 0.3) is 5.91 Å². The molecule has 1 heterocycles. The Bertz CT molecular complexity index is 1070. The number of hydrogen-bond acceptors (Lipinski definition) is 2. The quantitative estimate of drug-likeness (QED) is 0.723. The molecule has 0 aliphatic carbocycles. The Labute approximate surface area is 165 Å². The molecular formula is C24H24N2O2. The summed E-state index contributed by atoms with van der Waals surface area (Å²) in [6.45, 7) is 4.69. The Balaban J connectivity index is 1.54. The van der Waals surface area contributed by atoms with Gasteiger partial charge in [0.2, 0.25) is 5.91 Å². The van der Waals surface area contributed by atoms with Crippen molar-refractivity contribution in [3.63, 3.8) is 0 Å². The third kappa shape index (κ3) is 3.77. The van der Waals surface area contributed by atoms with Crippen molar-refractivity contribution in [2.75, 3.05) is 6.54 Å². The Morgan fingerprint density at radius 1 is 1.04 bits per heavy atom. The van der Waals surface area contributed by atoms with Crippen molar-refractivity contribution < 1.29 is 9.59 Å². The predicted molar refractivity (Wildman–Crippen MR) is 112 cm³/mol. The van der Waals surface area contributed by atoms with Crippen molar-refractivity contribution >= 4 is 22.6 Å². The zero-order chi connectivity index (χ0) is 19.7. The highest BCUT2D eigenvalue weighted by molar-refractivity contribution is 5.99. The molecule has 3 aromatic rings. The molecule has 3 aromatic carbocycles. The number of carbonyl (C=O) groups excluding carboxylic acids is 2. The van der Waals surface area contributed by atoms with Crippen LogP contribution in [0.1, 0.15) is 34.3 Å². The van der Waals surface area contributed by atoms with E-state index in [9.17, 15) is 9.59 Å². The van der Waals surface area contributed by atoms with Gasteiger partial charge in [-0.15, -0.1) is 0 Å². The van der Waals surface area contributed by atoms with Crippen LogP contribution in [0.5, 0.6) is 0 Å². The first-order valence-corrected chi connectivity index (χ1v) is 9.68. The summed E-state index contributed by atoms with van der Waals surface area (Å²) in [6, 6.07) is 18.7. The first-order valence-electron chi connectivity index (χ1n) is 9.68. The minimum Gasteiger partial charge on any atom is -0.352 e. The standard InChI is InChI=1S/C24H24N2O2/c1-15-3-4-16(2)22(11-15)19-7-5-18-13-20(8-6-17(18)12-19)24(28)25-14-21-9-10-23(27)26-21/h3-8,11-13,21H,9-10,14H2,1-2H3,(H,25,28)(H,26,27). The van der Waals surface area contributed by atoms with Gasteiger partial charge in [0.15, 0.2) is 0 Å². The largest absolute Gasteiger partial charge is 0.352 e. The zero-order valence-electron chi connectivity index (χ0n) is 16.2. The molecule has 2 N–H and O–H groups in total. The van der Waals surface area contributed by atoms with Gasteiger partial charge in [0, 0.05) is 24.6 Å². The maximum absolute atomic E-state index is 12.5. The normalized spacial score (nSPS) is 16.2. The van der Waals surface area contributed by atoms with Gasteiger partial charge in [-0.25, -0.2) is 0 Å². The van der Waals surface area contributed by atoms with E-state index in [1.165, 1.54) is 22.3 Å². The Morgan fingerprint density at radius 2 is 1.82 bits per heavy atom. The summed E-state index contributed by atoms with van der Waals surface area (Å²) in [5, 5.41) is 7.94. The van der Waals surface area contributed by atoms with E-state index in [1.54, 1.807) is 0 Å². The molecule has 4 rings (SSSR count). The summed E-state index contributed by atoms with van der Waals surface area (Å²) in [5.74, 6) is -0.0498. The number of carbonyl (C=O) groups is 2. The molecular weight excluding hydrogens is 348 g/mol. The zero-order valence-corrected chi connectivity index (χ0v) is 16.2. The molecule has 0 spiro atoms. The number of fused-ring (bicyclic) bond motifs is 1. The molecule has 1 aliphatic rings. The smallest absolute Gasteiger partial charge is 0.251 e. The van der Waals surface area contributed by atoms with Gasteiger partial charge in [-0.3, -0.25) is 9.59 Å². The molecule has 1 aliphatic heterocycles. The fourth-order valence-electron chi connectivity index (χ4n) is 3.75. The van der Waals surface area contributed by atoms with Crippen LogP contribution in [-0.2, 0) is 4.79 Å². The monoisotopic (exact) mass is 372 g/mol. The van der Waals surface area contributed by atoms with E-state index in [2.05, 4.69) is 60.9 Å². The van der Waals surface area contributed by atoms with Crippen LogP contribution < -0.4 is 10.6 Å². The lowest BCUT2D eigenvalue weighted by Crippen LogP contribution is -2.38. The fourth-order valence-corrected chi connectivity index (χ4v) is 3.75. The minimum atomic E-state index is -0.110. The van der Waals surface area contributed by atoms with Gasteiger partial charge in [-0.1, -0.05) is 42.0 Å². The SMILES string of the molecule is Cc1ccc(C)c(-c2ccc3cc(C(=O)NCC4CCC(=O)N4)ccc3c2)c1. The van der Waals surface area contributed by atoms with Crippen molar-refractivity contribution in [3.8, 4) is 11.1 Å². The van der Waals surface area contributed by atoms with E-state index >= 15 is 0 Å². The van der Waals surface area contributed by atoms with Gasteiger partial charge >= 0.3 is 0 Å². The summed E-state index contributed by atoms with van der Waals surface area (Å²) in [5.41, 5.74) is 5.55. The third-order valence-electron chi connectivity index (χ3n) is 5.40. The molecule has 28 heavy (non-hydrogen) atoms. The summed E-state index contributed by atoms with van der Waals surface area (Å²) in [4.78, 5) is 23.7. The lowest BCUT2D eigenvalue weighted by atomic mass is 9.95. The summed E-state index contributed by atoms with van der Waals surface area (Å²) >= 11 is 0. The highest BCUT2D eigenvalue weighted by Crippen LogP contribution is 2.28. The molecule has 0 radical (unpaired) electrons. The molecule has 4 nitrogen and oxygen atoms in total. The van der Waals surface area contributed by atoms with Crippen molar-refractivity contribution in [2.24, 2.45) is 0 Å². The Hall–Kier alpha value is -3.14. The fraction of sp³-hybridized carbons (Fsp3) is 0.250. The Kier molecular flexibility index (Phi) is 4.86. The number of aryl methyl sites for hydroxylation is 2.